The highest BCUT2D eigenvalue weighted by molar-refractivity contribution is 5.13. The first kappa shape index (κ1) is 12.3. The Morgan fingerprint density at radius 3 is 2.27 bits per heavy atom. The highest BCUT2D eigenvalue weighted by Crippen LogP contribution is 2.14. The second-order valence-corrected chi connectivity index (χ2v) is 3.98. The van der Waals surface area contributed by atoms with E-state index in [2.05, 4.69) is 38.1 Å². The van der Waals surface area contributed by atoms with Crippen LogP contribution in [0.15, 0.2) is 30.3 Å². The molecule has 2 rings (SSSR count). The van der Waals surface area contributed by atoms with Gasteiger partial charge in [0.25, 0.3) is 0 Å². The first-order valence-corrected chi connectivity index (χ1v) is 5.98. The average Bonchev–Trinajstić information content (AvgIpc) is 2.84. The van der Waals surface area contributed by atoms with Crippen molar-refractivity contribution in [2.45, 2.75) is 33.1 Å². The number of rotatable bonds is 2. The van der Waals surface area contributed by atoms with Crippen molar-refractivity contribution in [1.82, 2.24) is 0 Å². The lowest BCUT2D eigenvalue weighted by molar-refractivity contribution is 0.185. The summed E-state index contributed by atoms with van der Waals surface area (Å²) in [4.78, 5) is 0. The lowest BCUT2D eigenvalue weighted by Gasteiger charge is -1.97. The van der Waals surface area contributed by atoms with Crippen molar-refractivity contribution in [2.24, 2.45) is 5.92 Å². The maximum absolute atomic E-state index is 5.15. The van der Waals surface area contributed by atoms with E-state index in [1.807, 2.05) is 6.07 Å². The van der Waals surface area contributed by atoms with Gasteiger partial charge in [0.05, 0.1) is 0 Å². The van der Waals surface area contributed by atoms with Gasteiger partial charge in [-0.2, -0.15) is 0 Å². The van der Waals surface area contributed by atoms with E-state index in [4.69, 9.17) is 4.74 Å². The Balaban J connectivity index is 0.000000151. The molecule has 1 unspecified atom stereocenters. The largest absolute Gasteiger partial charge is 0.381 e. The highest BCUT2D eigenvalue weighted by Gasteiger charge is 2.11. The van der Waals surface area contributed by atoms with Crippen molar-refractivity contribution in [1.29, 1.82) is 0 Å². The summed E-state index contributed by atoms with van der Waals surface area (Å²) in [7, 11) is 0. The predicted octanol–water partition coefficient (Wildman–Crippen LogP) is 3.68. The second-order valence-electron chi connectivity index (χ2n) is 3.98. The molecule has 1 aliphatic rings. The molecule has 1 nitrogen and oxygen atoms in total. The summed E-state index contributed by atoms with van der Waals surface area (Å²) >= 11 is 0. The van der Waals surface area contributed by atoms with Gasteiger partial charge < -0.3 is 4.74 Å². The fourth-order valence-corrected chi connectivity index (χ4v) is 1.62. The molecule has 1 aromatic carbocycles. The molecule has 0 N–H and O–H groups in total. The molecule has 0 amide bonds. The van der Waals surface area contributed by atoms with Crippen LogP contribution in [-0.2, 0) is 11.2 Å². The first-order chi connectivity index (χ1) is 7.36. The molecule has 1 heterocycles. The molecule has 15 heavy (non-hydrogen) atoms. The standard InChI is InChI=1S/C8H10.C6H12O/c1-2-8-6-4-3-5-7-8;1-2-6-3-4-7-5-6/h3-7H,2H2,1H3;6H,2-5H2,1H3. The van der Waals surface area contributed by atoms with Gasteiger partial charge in [0.15, 0.2) is 0 Å². The van der Waals surface area contributed by atoms with Crippen molar-refractivity contribution in [3.63, 3.8) is 0 Å². The number of ether oxygens (including phenoxy) is 1. The molecule has 1 heteroatoms. The molecule has 1 fully saturated rings. The fourth-order valence-electron chi connectivity index (χ4n) is 1.62. The van der Waals surface area contributed by atoms with Crippen molar-refractivity contribution in [3.8, 4) is 0 Å². The summed E-state index contributed by atoms with van der Waals surface area (Å²) in [5.41, 5.74) is 1.41. The van der Waals surface area contributed by atoms with E-state index >= 15 is 0 Å². The Kier molecular flexibility index (Phi) is 6.10. The zero-order valence-corrected chi connectivity index (χ0v) is 9.91. The molecule has 0 bridgehead atoms. The molecule has 1 atom stereocenters. The van der Waals surface area contributed by atoms with Crippen molar-refractivity contribution >= 4 is 0 Å². The van der Waals surface area contributed by atoms with Gasteiger partial charge in [-0.3, -0.25) is 0 Å². The summed E-state index contributed by atoms with van der Waals surface area (Å²) in [5.74, 6) is 0.875. The van der Waals surface area contributed by atoms with E-state index in [0.29, 0.717) is 0 Å². The third kappa shape index (κ3) is 4.98. The topological polar surface area (TPSA) is 9.23 Å². The van der Waals surface area contributed by atoms with Crippen LogP contribution in [0.2, 0.25) is 0 Å². The van der Waals surface area contributed by atoms with Crippen LogP contribution in [0.4, 0.5) is 0 Å². The van der Waals surface area contributed by atoms with Crippen molar-refractivity contribution in [3.05, 3.63) is 35.9 Å². The van der Waals surface area contributed by atoms with E-state index in [-0.39, 0.29) is 0 Å². The van der Waals surface area contributed by atoms with Gasteiger partial charge in [0, 0.05) is 13.2 Å². The summed E-state index contributed by atoms with van der Waals surface area (Å²) in [5, 5.41) is 0. The lowest BCUT2D eigenvalue weighted by atomic mass is 10.1. The minimum atomic E-state index is 0.875. The van der Waals surface area contributed by atoms with Gasteiger partial charge in [-0.15, -0.1) is 0 Å². The summed E-state index contributed by atoms with van der Waals surface area (Å²) in [6.07, 6.45) is 3.72. The Morgan fingerprint density at radius 2 is 1.93 bits per heavy atom. The van der Waals surface area contributed by atoms with Crippen LogP contribution in [0, 0.1) is 5.92 Å². The Morgan fingerprint density at radius 1 is 1.20 bits per heavy atom. The Hall–Kier alpha value is -0.820. The highest BCUT2D eigenvalue weighted by atomic mass is 16.5. The van der Waals surface area contributed by atoms with Crippen molar-refractivity contribution in [2.75, 3.05) is 13.2 Å². The van der Waals surface area contributed by atoms with Crippen LogP contribution in [-0.4, -0.2) is 13.2 Å². The third-order valence-electron chi connectivity index (χ3n) is 2.85. The summed E-state index contributed by atoms with van der Waals surface area (Å²) < 4.78 is 5.15. The number of benzene rings is 1. The Bertz CT molecular complexity index is 237. The summed E-state index contributed by atoms with van der Waals surface area (Å²) in [6, 6.07) is 10.5. The molecule has 1 saturated heterocycles. The minimum Gasteiger partial charge on any atom is -0.381 e. The lowest BCUT2D eigenvalue weighted by Crippen LogP contribution is -1.94. The van der Waals surface area contributed by atoms with E-state index in [1.165, 1.54) is 18.4 Å². The quantitative estimate of drug-likeness (QED) is 0.717. The van der Waals surface area contributed by atoms with Gasteiger partial charge in [-0.05, 0) is 24.3 Å². The number of hydrogen-bond acceptors (Lipinski definition) is 1. The van der Waals surface area contributed by atoms with E-state index in [0.717, 1.165) is 25.6 Å². The maximum Gasteiger partial charge on any atom is 0.0495 e. The molecular weight excluding hydrogens is 184 g/mol. The SMILES string of the molecule is CCC1CCOC1.CCc1ccccc1. The Labute approximate surface area is 93.5 Å². The zero-order chi connectivity index (χ0) is 10.9. The van der Waals surface area contributed by atoms with E-state index in [9.17, 15) is 0 Å². The normalized spacial score (nSPS) is 19.5. The molecule has 1 aliphatic heterocycles. The summed E-state index contributed by atoms with van der Waals surface area (Å²) in [6.45, 7) is 6.39. The van der Waals surface area contributed by atoms with E-state index < -0.39 is 0 Å². The smallest absolute Gasteiger partial charge is 0.0495 e. The minimum absolute atomic E-state index is 0.875. The molecule has 0 radical (unpaired) electrons. The zero-order valence-electron chi connectivity index (χ0n) is 9.91. The molecule has 1 aromatic rings. The molecular formula is C14H22O. The van der Waals surface area contributed by atoms with Gasteiger partial charge >= 0.3 is 0 Å². The van der Waals surface area contributed by atoms with E-state index in [1.54, 1.807) is 0 Å². The van der Waals surface area contributed by atoms with Crippen LogP contribution >= 0.6 is 0 Å². The van der Waals surface area contributed by atoms with Crippen molar-refractivity contribution < 1.29 is 4.74 Å². The first-order valence-electron chi connectivity index (χ1n) is 5.98. The third-order valence-corrected chi connectivity index (χ3v) is 2.85. The maximum atomic E-state index is 5.15. The van der Waals surface area contributed by atoms with Crippen LogP contribution in [0.1, 0.15) is 32.3 Å². The van der Waals surface area contributed by atoms with Crippen LogP contribution in [0.5, 0.6) is 0 Å². The van der Waals surface area contributed by atoms with Gasteiger partial charge in [-0.25, -0.2) is 0 Å². The molecule has 0 aliphatic carbocycles. The van der Waals surface area contributed by atoms with Crippen LogP contribution < -0.4 is 0 Å². The predicted molar refractivity (Wildman–Crippen MR) is 65.0 cm³/mol. The van der Waals surface area contributed by atoms with Gasteiger partial charge in [0.2, 0.25) is 0 Å². The number of aryl methyl sites for hydroxylation is 1. The van der Waals surface area contributed by atoms with Crippen LogP contribution in [0.3, 0.4) is 0 Å². The van der Waals surface area contributed by atoms with Crippen LogP contribution in [0.25, 0.3) is 0 Å². The number of hydrogen-bond donors (Lipinski definition) is 0. The average molecular weight is 206 g/mol. The molecule has 0 saturated carbocycles. The molecule has 0 aromatic heterocycles. The molecule has 0 spiro atoms. The monoisotopic (exact) mass is 206 g/mol. The van der Waals surface area contributed by atoms with Gasteiger partial charge in [0.1, 0.15) is 0 Å². The molecule has 84 valence electrons. The second kappa shape index (κ2) is 7.47. The van der Waals surface area contributed by atoms with Gasteiger partial charge in [-0.1, -0.05) is 50.6 Å². The fraction of sp³-hybridized carbons (Fsp3) is 0.571.